The molecule has 1 aliphatic rings. The number of ether oxygens (including phenoxy) is 3. The van der Waals surface area contributed by atoms with Gasteiger partial charge >= 0.3 is 17.9 Å². The van der Waals surface area contributed by atoms with E-state index in [9.17, 15) is 14.4 Å². The van der Waals surface area contributed by atoms with Crippen molar-refractivity contribution in [1.29, 1.82) is 0 Å². The molecule has 0 spiro atoms. The Hall–Kier alpha value is -1.59. The van der Waals surface area contributed by atoms with Gasteiger partial charge in [0.05, 0.1) is 19.6 Å². The zero-order valence-corrected chi connectivity index (χ0v) is 9.99. The van der Waals surface area contributed by atoms with Crippen LogP contribution < -0.4 is 0 Å². The second-order valence-electron chi connectivity index (χ2n) is 3.67. The van der Waals surface area contributed by atoms with Gasteiger partial charge in [-0.25, -0.2) is 4.79 Å². The minimum absolute atomic E-state index is 0.109. The standard InChI is InChI=1S/C11H16O6/c1-3-15-9(13)7-11(10(14)16-4-2)6-5-8(12)17-11/h3-7H2,1-2H3. The van der Waals surface area contributed by atoms with Crippen LogP contribution in [0.4, 0.5) is 0 Å². The first-order valence-corrected chi connectivity index (χ1v) is 5.58. The molecule has 1 saturated heterocycles. The van der Waals surface area contributed by atoms with Crippen LogP contribution in [0.15, 0.2) is 0 Å². The van der Waals surface area contributed by atoms with E-state index in [4.69, 9.17) is 14.2 Å². The molecule has 0 bridgehead atoms. The molecule has 0 saturated carbocycles. The van der Waals surface area contributed by atoms with Crippen LogP contribution in [0.1, 0.15) is 33.1 Å². The van der Waals surface area contributed by atoms with E-state index in [0.29, 0.717) is 0 Å². The van der Waals surface area contributed by atoms with Gasteiger partial charge in [-0.1, -0.05) is 0 Å². The van der Waals surface area contributed by atoms with Crippen LogP contribution in [0.2, 0.25) is 0 Å². The summed E-state index contributed by atoms with van der Waals surface area (Å²) in [6.07, 6.45) is -0.0207. The van der Waals surface area contributed by atoms with Crippen molar-refractivity contribution >= 4 is 17.9 Å². The Labute approximate surface area is 99.2 Å². The summed E-state index contributed by atoms with van der Waals surface area (Å²) in [4.78, 5) is 34.3. The first kappa shape index (κ1) is 13.5. The second-order valence-corrected chi connectivity index (χ2v) is 3.67. The molecule has 1 aliphatic heterocycles. The van der Waals surface area contributed by atoms with Gasteiger partial charge < -0.3 is 14.2 Å². The van der Waals surface area contributed by atoms with Gasteiger partial charge in [0.25, 0.3) is 0 Å². The monoisotopic (exact) mass is 244 g/mol. The minimum atomic E-state index is -1.49. The van der Waals surface area contributed by atoms with Gasteiger partial charge in [0.15, 0.2) is 0 Å². The summed E-state index contributed by atoms with van der Waals surface area (Å²) in [6.45, 7) is 3.69. The lowest BCUT2D eigenvalue weighted by atomic mass is 9.96. The molecule has 0 radical (unpaired) electrons. The normalized spacial score (nSPS) is 23.1. The quantitative estimate of drug-likeness (QED) is 0.520. The van der Waals surface area contributed by atoms with Crippen LogP contribution in [-0.2, 0) is 28.6 Å². The van der Waals surface area contributed by atoms with Crippen LogP contribution in [0.3, 0.4) is 0 Å². The highest BCUT2D eigenvalue weighted by atomic mass is 16.6. The Kier molecular flexibility index (Phi) is 4.48. The van der Waals surface area contributed by atoms with Crippen molar-refractivity contribution in [2.45, 2.75) is 38.7 Å². The van der Waals surface area contributed by atoms with Gasteiger partial charge in [-0.15, -0.1) is 0 Å². The van der Waals surface area contributed by atoms with Crippen LogP contribution in [0.25, 0.3) is 0 Å². The largest absolute Gasteiger partial charge is 0.466 e. The van der Waals surface area contributed by atoms with Crippen molar-refractivity contribution in [1.82, 2.24) is 0 Å². The molecule has 1 unspecified atom stereocenters. The van der Waals surface area contributed by atoms with E-state index in [1.807, 2.05) is 0 Å². The summed E-state index contributed by atoms with van der Waals surface area (Å²) >= 11 is 0. The first-order chi connectivity index (χ1) is 8.04. The maximum Gasteiger partial charge on any atom is 0.351 e. The van der Waals surface area contributed by atoms with Crippen molar-refractivity contribution in [3.8, 4) is 0 Å². The Morgan fingerprint density at radius 3 is 2.41 bits per heavy atom. The third-order valence-electron chi connectivity index (χ3n) is 2.42. The fourth-order valence-electron chi connectivity index (χ4n) is 1.67. The van der Waals surface area contributed by atoms with Crippen LogP contribution in [0, 0.1) is 0 Å². The van der Waals surface area contributed by atoms with Gasteiger partial charge in [0.2, 0.25) is 5.60 Å². The SMILES string of the molecule is CCOC(=O)CC1(C(=O)OCC)CCC(=O)O1. The predicted octanol–water partition coefficient (Wildman–Crippen LogP) is 0.579. The summed E-state index contributed by atoms with van der Waals surface area (Å²) in [5, 5.41) is 0. The highest BCUT2D eigenvalue weighted by molar-refractivity contribution is 5.91. The predicted molar refractivity (Wildman–Crippen MR) is 55.9 cm³/mol. The molecule has 6 nitrogen and oxygen atoms in total. The third-order valence-corrected chi connectivity index (χ3v) is 2.42. The molecule has 6 heteroatoms. The zero-order valence-electron chi connectivity index (χ0n) is 9.99. The smallest absolute Gasteiger partial charge is 0.351 e. The summed E-state index contributed by atoms with van der Waals surface area (Å²) < 4.78 is 14.6. The number of carbonyl (C=O) groups excluding carboxylic acids is 3. The van der Waals surface area contributed by atoms with E-state index in [1.54, 1.807) is 13.8 Å². The fourth-order valence-corrected chi connectivity index (χ4v) is 1.67. The topological polar surface area (TPSA) is 78.9 Å². The van der Waals surface area contributed by atoms with Gasteiger partial charge in [-0.3, -0.25) is 9.59 Å². The first-order valence-electron chi connectivity index (χ1n) is 5.58. The maximum absolute atomic E-state index is 11.7. The van der Waals surface area contributed by atoms with Gasteiger partial charge in [-0.05, 0) is 13.8 Å². The summed E-state index contributed by atoms with van der Waals surface area (Å²) in [5.41, 5.74) is -1.49. The summed E-state index contributed by atoms with van der Waals surface area (Å²) in [6, 6.07) is 0. The molecule has 0 N–H and O–H groups in total. The van der Waals surface area contributed by atoms with Crippen molar-refractivity contribution in [3.05, 3.63) is 0 Å². The van der Waals surface area contributed by atoms with Crippen LogP contribution in [0.5, 0.6) is 0 Å². The minimum Gasteiger partial charge on any atom is -0.466 e. The molecule has 1 rings (SSSR count). The molecular weight excluding hydrogens is 228 g/mol. The third kappa shape index (κ3) is 3.18. The van der Waals surface area contributed by atoms with E-state index in [1.165, 1.54) is 0 Å². The van der Waals surface area contributed by atoms with Crippen molar-refractivity contribution in [2.75, 3.05) is 13.2 Å². The number of esters is 3. The zero-order chi connectivity index (χ0) is 12.9. The molecule has 1 heterocycles. The molecule has 1 atom stereocenters. The van der Waals surface area contributed by atoms with E-state index < -0.39 is 23.5 Å². The Bertz CT molecular complexity index is 324. The molecule has 0 aromatic heterocycles. The highest BCUT2D eigenvalue weighted by Crippen LogP contribution is 2.32. The summed E-state index contributed by atoms with van der Waals surface area (Å²) in [7, 11) is 0. The molecule has 0 amide bonds. The van der Waals surface area contributed by atoms with Crippen LogP contribution in [-0.4, -0.2) is 36.7 Å². The maximum atomic E-state index is 11.7. The van der Waals surface area contributed by atoms with Gasteiger partial charge in [-0.2, -0.15) is 0 Å². The highest BCUT2D eigenvalue weighted by Gasteiger charge is 2.50. The Morgan fingerprint density at radius 2 is 1.94 bits per heavy atom. The fraction of sp³-hybridized carbons (Fsp3) is 0.727. The molecule has 96 valence electrons. The van der Waals surface area contributed by atoms with E-state index >= 15 is 0 Å². The lowest BCUT2D eigenvalue weighted by Gasteiger charge is -2.23. The lowest BCUT2D eigenvalue weighted by Crippen LogP contribution is -2.42. The van der Waals surface area contributed by atoms with E-state index in [-0.39, 0.29) is 32.5 Å². The van der Waals surface area contributed by atoms with Gasteiger partial charge in [0.1, 0.15) is 0 Å². The Morgan fingerprint density at radius 1 is 1.29 bits per heavy atom. The number of rotatable bonds is 5. The number of hydrogen-bond acceptors (Lipinski definition) is 6. The second kappa shape index (κ2) is 5.65. The van der Waals surface area contributed by atoms with Crippen molar-refractivity contribution < 1.29 is 28.6 Å². The molecule has 0 aliphatic carbocycles. The molecule has 1 fully saturated rings. The molecule has 0 aromatic rings. The molecule has 0 aromatic carbocycles. The summed E-state index contributed by atoms with van der Waals surface area (Å²) in [5.74, 6) is -1.75. The molecular formula is C11H16O6. The van der Waals surface area contributed by atoms with Gasteiger partial charge in [0, 0.05) is 12.8 Å². The van der Waals surface area contributed by atoms with Crippen molar-refractivity contribution in [2.24, 2.45) is 0 Å². The average molecular weight is 244 g/mol. The number of carbonyl (C=O) groups is 3. The van der Waals surface area contributed by atoms with Crippen molar-refractivity contribution in [3.63, 3.8) is 0 Å². The van der Waals surface area contributed by atoms with E-state index in [0.717, 1.165) is 0 Å². The number of cyclic esters (lactones) is 1. The Balaban J connectivity index is 2.76. The molecule has 17 heavy (non-hydrogen) atoms. The lowest BCUT2D eigenvalue weighted by molar-refractivity contribution is -0.179. The van der Waals surface area contributed by atoms with E-state index in [2.05, 4.69) is 0 Å². The average Bonchev–Trinajstić information content (AvgIpc) is 2.62. The number of hydrogen-bond donors (Lipinski definition) is 0. The van der Waals surface area contributed by atoms with Crippen LogP contribution >= 0.6 is 0 Å².